The lowest BCUT2D eigenvalue weighted by atomic mass is 9.43. The van der Waals surface area contributed by atoms with Crippen molar-refractivity contribution in [2.45, 2.75) is 101 Å². The molecule has 2 heterocycles. The minimum Gasteiger partial charge on any atom is -0.462 e. The highest BCUT2D eigenvalue weighted by molar-refractivity contribution is 5.42. The van der Waals surface area contributed by atoms with Gasteiger partial charge in [0.2, 0.25) is 6.29 Å². The summed E-state index contributed by atoms with van der Waals surface area (Å²) >= 11 is 0. The standard InChI is InChI=1S/C28H37F3O9/c1-3-15-4-5-16(8-19(15)37-24-23(35)22(34)21(33)20(12-32)38-24)28(36-13-26(29,30)31)27(39-40-28)17-6-14-7-18(27)11-25(2,9-14)10-17/h4-5,8,14,17-18,20-24,32-35H,3,6-7,9-13H2,1-2H3. The second-order valence-corrected chi connectivity index (χ2v) is 12.6. The van der Waals surface area contributed by atoms with Gasteiger partial charge in [-0.25, -0.2) is 4.89 Å². The Balaban J connectivity index is 1.38. The molecule has 2 aliphatic heterocycles. The van der Waals surface area contributed by atoms with Crippen molar-refractivity contribution in [2.24, 2.45) is 23.2 Å². The molecule has 6 fully saturated rings. The molecule has 6 aliphatic rings. The molecule has 12 heteroatoms. The zero-order valence-electron chi connectivity index (χ0n) is 22.5. The van der Waals surface area contributed by atoms with Crippen molar-refractivity contribution in [1.82, 2.24) is 0 Å². The summed E-state index contributed by atoms with van der Waals surface area (Å²) in [5, 5.41) is 40.4. The number of rotatable bonds is 7. The SMILES string of the molecule is CCc1ccc(C2(OCC(F)(F)F)OOC23C2CC4CC3CC(C)(C4)C2)cc1OC1OC(CO)C(O)C(O)C1O. The van der Waals surface area contributed by atoms with Crippen LogP contribution >= 0.6 is 0 Å². The number of aliphatic hydroxyl groups excluding tert-OH is 4. The fourth-order valence-corrected chi connectivity index (χ4v) is 8.37. The van der Waals surface area contributed by atoms with E-state index in [0.717, 1.165) is 32.1 Å². The number of halogens is 3. The topological polar surface area (TPSA) is 127 Å². The number of hydrogen-bond acceptors (Lipinski definition) is 9. The maximum absolute atomic E-state index is 13.6. The van der Waals surface area contributed by atoms with Gasteiger partial charge in [-0.2, -0.15) is 18.1 Å². The Morgan fingerprint density at radius 2 is 1.70 bits per heavy atom. The molecule has 2 saturated heterocycles. The van der Waals surface area contributed by atoms with Crippen LogP contribution in [0.15, 0.2) is 18.2 Å². The van der Waals surface area contributed by atoms with E-state index in [-0.39, 0.29) is 28.6 Å². The second-order valence-electron chi connectivity index (χ2n) is 12.6. The molecular weight excluding hydrogens is 537 g/mol. The van der Waals surface area contributed by atoms with Crippen molar-refractivity contribution in [2.75, 3.05) is 13.2 Å². The molecule has 4 N–H and O–H groups in total. The van der Waals surface area contributed by atoms with Crippen LogP contribution in [0.3, 0.4) is 0 Å². The van der Waals surface area contributed by atoms with Crippen LogP contribution in [-0.2, 0) is 31.5 Å². The quantitative estimate of drug-likeness (QED) is 0.364. The minimum atomic E-state index is -4.61. The Hall–Kier alpha value is -1.51. The molecule has 9 nitrogen and oxygen atoms in total. The Bertz CT molecular complexity index is 1100. The third-order valence-corrected chi connectivity index (χ3v) is 9.88. The van der Waals surface area contributed by atoms with Crippen LogP contribution in [-0.4, -0.2) is 76.1 Å². The highest BCUT2D eigenvalue weighted by Gasteiger charge is 2.78. The number of hydrogen-bond donors (Lipinski definition) is 4. The molecule has 4 saturated carbocycles. The van der Waals surface area contributed by atoms with Gasteiger partial charge >= 0.3 is 6.18 Å². The third kappa shape index (κ3) is 4.29. The van der Waals surface area contributed by atoms with Crippen LogP contribution in [0.5, 0.6) is 5.75 Å². The second kappa shape index (κ2) is 9.77. The van der Waals surface area contributed by atoms with Crippen molar-refractivity contribution in [3.05, 3.63) is 29.3 Å². The Labute approximate surface area is 230 Å². The largest absolute Gasteiger partial charge is 0.462 e. The maximum Gasteiger partial charge on any atom is 0.411 e. The lowest BCUT2D eigenvalue weighted by Gasteiger charge is -2.70. The first-order chi connectivity index (χ1) is 18.8. The van der Waals surface area contributed by atoms with Crippen LogP contribution in [0, 0.1) is 23.2 Å². The molecule has 8 atom stereocenters. The number of aliphatic hydroxyl groups is 4. The zero-order chi connectivity index (χ0) is 28.7. The number of benzene rings is 1. The van der Waals surface area contributed by atoms with E-state index in [2.05, 4.69) is 6.92 Å². The minimum absolute atomic E-state index is 0.0496. The molecule has 0 aromatic heterocycles. The van der Waals surface area contributed by atoms with Gasteiger partial charge in [-0.05, 0) is 73.3 Å². The monoisotopic (exact) mass is 574 g/mol. The van der Waals surface area contributed by atoms with E-state index >= 15 is 0 Å². The van der Waals surface area contributed by atoms with E-state index in [9.17, 15) is 33.6 Å². The number of ether oxygens (including phenoxy) is 3. The van der Waals surface area contributed by atoms with E-state index in [1.54, 1.807) is 12.1 Å². The average Bonchev–Trinajstić information content (AvgIpc) is 2.87. The summed E-state index contributed by atoms with van der Waals surface area (Å²) in [7, 11) is 0. The van der Waals surface area contributed by atoms with E-state index in [1.165, 1.54) is 6.07 Å². The fraction of sp³-hybridized carbons (Fsp3) is 0.786. The molecule has 1 spiro atoms. The summed E-state index contributed by atoms with van der Waals surface area (Å²) < 4.78 is 57.9. The normalized spacial score (nSPS) is 46.0. The first-order valence-corrected chi connectivity index (χ1v) is 14.0. The van der Waals surface area contributed by atoms with Gasteiger partial charge in [0.25, 0.3) is 5.79 Å². The zero-order valence-corrected chi connectivity index (χ0v) is 22.5. The molecule has 1 aromatic carbocycles. The summed E-state index contributed by atoms with van der Waals surface area (Å²) in [6.07, 6.45) is -7.26. The van der Waals surface area contributed by atoms with Crippen molar-refractivity contribution in [3.63, 3.8) is 0 Å². The molecular formula is C28H37F3O9. The lowest BCUT2D eigenvalue weighted by Crippen LogP contribution is -2.77. The van der Waals surface area contributed by atoms with Crippen molar-refractivity contribution < 1.29 is 57.6 Å². The summed E-state index contributed by atoms with van der Waals surface area (Å²) in [5.41, 5.74) is -0.0427. The molecule has 40 heavy (non-hydrogen) atoms. The van der Waals surface area contributed by atoms with Gasteiger partial charge in [0.1, 0.15) is 36.8 Å². The van der Waals surface area contributed by atoms with Gasteiger partial charge in [0.15, 0.2) is 5.60 Å². The third-order valence-electron chi connectivity index (χ3n) is 9.88. The number of alkyl halides is 3. The van der Waals surface area contributed by atoms with Crippen LogP contribution in [0.1, 0.15) is 57.1 Å². The van der Waals surface area contributed by atoms with Crippen LogP contribution in [0.4, 0.5) is 13.2 Å². The number of aryl methyl sites for hydroxylation is 1. The molecule has 0 amide bonds. The molecule has 224 valence electrons. The Morgan fingerprint density at radius 3 is 2.25 bits per heavy atom. The smallest absolute Gasteiger partial charge is 0.411 e. The molecule has 4 aliphatic carbocycles. The summed E-state index contributed by atoms with van der Waals surface area (Å²) in [6, 6.07) is 4.88. The maximum atomic E-state index is 13.6. The van der Waals surface area contributed by atoms with E-state index in [0.29, 0.717) is 17.9 Å². The van der Waals surface area contributed by atoms with Crippen LogP contribution in [0.2, 0.25) is 0 Å². The van der Waals surface area contributed by atoms with Gasteiger partial charge in [0, 0.05) is 5.56 Å². The van der Waals surface area contributed by atoms with Crippen LogP contribution < -0.4 is 4.74 Å². The first-order valence-electron chi connectivity index (χ1n) is 14.0. The van der Waals surface area contributed by atoms with Crippen LogP contribution in [0.25, 0.3) is 0 Å². The van der Waals surface area contributed by atoms with Crippen molar-refractivity contribution >= 4 is 0 Å². The van der Waals surface area contributed by atoms with Gasteiger partial charge in [-0.15, -0.1) is 0 Å². The van der Waals surface area contributed by atoms with Crippen molar-refractivity contribution in [3.8, 4) is 5.75 Å². The predicted octanol–water partition coefficient (Wildman–Crippen LogP) is 2.71. The average molecular weight is 575 g/mol. The van der Waals surface area contributed by atoms with Gasteiger partial charge in [-0.1, -0.05) is 26.0 Å². The van der Waals surface area contributed by atoms with Gasteiger partial charge < -0.3 is 34.6 Å². The summed E-state index contributed by atoms with van der Waals surface area (Å²) in [5.74, 6) is -1.26. The highest BCUT2D eigenvalue weighted by Crippen LogP contribution is 2.72. The summed E-state index contributed by atoms with van der Waals surface area (Å²) in [6.45, 7) is 1.94. The van der Waals surface area contributed by atoms with Crippen molar-refractivity contribution in [1.29, 1.82) is 0 Å². The fourth-order valence-electron chi connectivity index (χ4n) is 8.37. The van der Waals surface area contributed by atoms with E-state index in [1.807, 2.05) is 6.92 Å². The molecule has 1 aromatic rings. The Morgan fingerprint density at radius 1 is 1.00 bits per heavy atom. The molecule has 4 bridgehead atoms. The first kappa shape index (κ1) is 28.6. The van der Waals surface area contributed by atoms with Gasteiger partial charge in [-0.3, -0.25) is 0 Å². The highest BCUT2D eigenvalue weighted by atomic mass is 19.4. The molecule has 0 radical (unpaired) electrons. The van der Waals surface area contributed by atoms with E-state index < -0.39 is 61.5 Å². The summed E-state index contributed by atoms with van der Waals surface area (Å²) in [4.78, 5) is 11.6. The predicted molar refractivity (Wildman–Crippen MR) is 130 cm³/mol. The lowest BCUT2D eigenvalue weighted by molar-refractivity contribution is -0.651. The van der Waals surface area contributed by atoms with Gasteiger partial charge in [0.05, 0.1) is 6.61 Å². The Kier molecular flexibility index (Phi) is 6.98. The molecule has 7 rings (SSSR count). The molecule has 8 unspecified atom stereocenters. The van der Waals surface area contributed by atoms with E-state index in [4.69, 9.17) is 24.0 Å².